The zero-order valence-electron chi connectivity index (χ0n) is 8.75. The Balaban J connectivity index is 0.00000256. The van der Waals surface area contributed by atoms with Crippen LogP contribution in [0.25, 0.3) is 0 Å². The van der Waals surface area contributed by atoms with Crippen LogP contribution in [-0.4, -0.2) is 30.5 Å². The quantitative estimate of drug-likeness (QED) is 0.351. The molecule has 17 heavy (non-hydrogen) atoms. The molecule has 1 aromatic rings. The lowest BCUT2D eigenvalue weighted by Gasteiger charge is -2.22. The van der Waals surface area contributed by atoms with Gasteiger partial charge in [0.15, 0.2) is 40.6 Å². The van der Waals surface area contributed by atoms with Gasteiger partial charge in [-0.15, -0.1) is 0 Å². The molecule has 1 aromatic carbocycles. The van der Waals surface area contributed by atoms with E-state index >= 15 is 0 Å². The second-order valence-corrected chi connectivity index (χ2v) is 3.09. The Morgan fingerprint density at radius 1 is 0.706 bits per heavy atom. The van der Waals surface area contributed by atoms with Crippen molar-refractivity contribution in [3.8, 4) is 0 Å². The van der Waals surface area contributed by atoms with Gasteiger partial charge in [-0.25, -0.2) is 22.0 Å². The molecule has 0 saturated heterocycles. The minimum atomic E-state index is -2.13. The summed E-state index contributed by atoms with van der Waals surface area (Å²) in [4.78, 5) is 1.07. The molecule has 0 fully saturated rings. The van der Waals surface area contributed by atoms with Crippen LogP contribution in [0.3, 0.4) is 0 Å². The molecule has 0 bridgehead atoms. The van der Waals surface area contributed by atoms with E-state index in [0.717, 1.165) is 4.90 Å². The van der Waals surface area contributed by atoms with Crippen LogP contribution < -0.4 is 4.90 Å². The van der Waals surface area contributed by atoms with E-state index in [-0.39, 0.29) is 30.5 Å². The highest BCUT2D eigenvalue weighted by molar-refractivity contribution is 5.75. The van der Waals surface area contributed by atoms with Crippen molar-refractivity contribution >= 4 is 23.0 Å². The summed E-state index contributed by atoms with van der Waals surface area (Å²) >= 11 is 0. The van der Waals surface area contributed by atoms with Gasteiger partial charge in [0.1, 0.15) is 5.69 Å². The second kappa shape index (κ2) is 6.22. The van der Waals surface area contributed by atoms with Crippen LogP contribution in [0.4, 0.5) is 27.6 Å². The van der Waals surface area contributed by atoms with Gasteiger partial charge in [0, 0.05) is 13.1 Å². The number of halogens is 5. The van der Waals surface area contributed by atoms with Gasteiger partial charge in [-0.05, 0) is 13.8 Å². The lowest BCUT2D eigenvalue weighted by molar-refractivity contribution is 0.378. The zero-order valence-corrected chi connectivity index (χ0v) is 8.75. The average molecular weight is 269 g/mol. The summed E-state index contributed by atoms with van der Waals surface area (Å²) in [7, 11) is 0. The van der Waals surface area contributed by atoms with Crippen LogP contribution in [-0.2, 0) is 0 Å². The van der Waals surface area contributed by atoms with Crippen molar-refractivity contribution in [2.24, 2.45) is 0 Å². The van der Waals surface area contributed by atoms with E-state index in [2.05, 4.69) is 0 Å². The van der Waals surface area contributed by atoms with Crippen LogP contribution in [0.5, 0.6) is 0 Å². The average Bonchev–Trinajstić information content (AvgIpc) is 2.29. The van der Waals surface area contributed by atoms with Gasteiger partial charge < -0.3 is 4.90 Å². The number of hydrogen-bond acceptors (Lipinski definition) is 1. The van der Waals surface area contributed by atoms with Gasteiger partial charge in [-0.2, -0.15) is 0 Å². The lowest BCUT2D eigenvalue weighted by atomic mass is 10.2. The van der Waals surface area contributed by atoms with Gasteiger partial charge in [-0.3, -0.25) is 0 Å². The molecule has 0 atom stereocenters. The van der Waals surface area contributed by atoms with E-state index in [1.165, 1.54) is 0 Å². The molecule has 96 valence electrons. The molecule has 0 aromatic heterocycles. The Kier molecular flexibility index (Phi) is 5.93. The molecule has 0 amide bonds. The van der Waals surface area contributed by atoms with Crippen LogP contribution in [0.1, 0.15) is 13.8 Å². The fourth-order valence-electron chi connectivity index (χ4n) is 1.41. The van der Waals surface area contributed by atoms with Crippen LogP contribution in [0.15, 0.2) is 0 Å². The smallest absolute Gasteiger partial charge is 0.200 e. The molecule has 0 aliphatic carbocycles. The van der Waals surface area contributed by atoms with Gasteiger partial charge in [0.05, 0.1) is 0 Å². The Bertz CT molecular complexity index is 377. The van der Waals surface area contributed by atoms with Gasteiger partial charge >= 0.3 is 0 Å². The first kappa shape index (κ1) is 16.2. The van der Waals surface area contributed by atoms with Crippen molar-refractivity contribution in [2.75, 3.05) is 18.0 Å². The topological polar surface area (TPSA) is 3.24 Å². The van der Waals surface area contributed by atoms with Gasteiger partial charge in [0.25, 0.3) is 0 Å². The van der Waals surface area contributed by atoms with Gasteiger partial charge in [-0.1, -0.05) is 0 Å². The number of benzene rings is 1. The number of anilines is 1. The maximum Gasteiger partial charge on any atom is 0.200 e. The molecule has 0 unspecified atom stereocenters. The molecular formula is C10H13AlF5N. The van der Waals surface area contributed by atoms with E-state index in [0.29, 0.717) is 0 Å². The van der Waals surface area contributed by atoms with Crippen LogP contribution in [0.2, 0.25) is 0 Å². The highest BCUT2D eigenvalue weighted by Crippen LogP contribution is 2.29. The molecule has 0 saturated carbocycles. The van der Waals surface area contributed by atoms with E-state index in [1.807, 2.05) is 0 Å². The molecule has 0 spiro atoms. The Morgan fingerprint density at radius 2 is 1.00 bits per heavy atom. The van der Waals surface area contributed by atoms with E-state index in [4.69, 9.17) is 0 Å². The lowest BCUT2D eigenvalue weighted by Crippen LogP contribution is -2.25. The molecule has 1 nitrogen and oxygen atoms in total. The number of hydrogen-bond donors (Lipinski definition) is 0. The summed E-state index contributed by atoms with van der Waals surface area (Å²) in [6.07, 6.45) is 0. The van der Waals surface area contributed by atoms with Crippen molar-refractivity contribution < 1.29 is 22.0 Å². The van der Waals surface area contributed by atoms with E-state index in [9.17, 15) is 22.0 Å². The number of rotatable bonds is 3. The summed E-state index contributed by atoms with van der Waals surface area (Å²) in [5.74, 6) is -9.55. The standard InChI is InChI=1S/C10H10F5N.Al.3H/c1-3-16(4-2)10-8(14)6(12)5(11)7(13)9(10)15;;;;/h3-4H2,1-2H3;;;;. The third kappa shape index (κ3) is 2.72. The van der Waals surface area contributed by atoms with Gasteiger partial charge in [0.2, 0.25) is 5.82 Å². The summed E-state index contributed by atoms with van der Waals surface area (Å²) in [5, 5.41) is 0. The maximum absolute atomic E-state index is 13.3. The fraction of sp³-hybridized carbons (Fsp3) is 0.400. The molecule has 0 aliphatic rings. The molecular weight excluding hydrogens is 256 g/mol. The van der Waals surface area contributed by atoms with E-state index in [1.54, 1.807) is 13.8 Å². The summed E-state index contributed by atoms with van der Waals surface area (Å²) in [6, 6.07) is 0. The van der Waals surface area contributed by atoms with Crippen LogP contribution in [0, 0.1) is 29.1 Å². The summed E-state index contributed by atoms with van der Waals surface area (Å²) in [5.41, 5.74) is -0.874. The third-order valence-corrected chi connectivity index (χ3v) is 2.27. The predicted molar refractivity (Wildman–Crippen MR) is 59.7 cm³/mol. The summed E-state index contributed by atoms with van der Waals surface area (Å²) < 4.78 is 64.9. The normalized spacial score (nSPS) is 10.1. The first-order chi connectivity index (χ1) is 7.45. The Morgan fingerprint density at radius 3 is 1.29 bits per heavy atom. The number of nitrogens with zero attached hydrogens (tertiary/aromatic N) is 1. The largest absolute Gasteiger partial charge is 0.367 e. The first-order valence-corrected chi connectivity index (χ1v) is 4.72. The second-order valence-electron chi connectivity index (χ2n) is 3.09. The van der Waals surface area contributed by atoms with E-state index < -0.39 is 34.8 Å². The SMILES string of the molecule is CCN(CC)c1c(F)c(F)c(F)c(F)c1F.[AlH3]. The highest BCUT2D eigenvalue weighted by Gasteiger charge is 2.27. The fourth-order valence-corrected chi connectivity index (χ4v) is 1.41. The predicted octanol–water partition coefficient (Wildman–Crippen LogP) is 2.04. The van der Waals surface area contributed by atoms with Crippen molar-refractivity contribution in [2.45, 2.75) is 13.8 Å². The Labute approximate surface area is 106 Å². The molecule has 0 heterocycles. The van der Waals surface area contributed by atoms with Crippen molar-refractivity contribution in [3.63, 3.8) is 0 Å². The monoisotopic (exact) mass is 269 g/mol. The Hall–Kier alpha value is -0.798. The zero-order chi connectivity index (χ0) is 12.5. The first-order valence-electron chi connectivity index (χ1n) is 4.72. The third-order valence-electron chi connectivity index (χ3n) is 2.27. The maximum atomic E-state index is 13.3. The van der Waals surface area contributed by atoms with Crippen molar-refractivity contribution in [3.05, 3.63) is 29.1 Å². The van der Waals surface area contributed by atoms with Crippen LogP contribution >= 0.6 is 0 Å². The molecule has 0 N–H and O–H groups in total. The van der Waals surface area contributed by atoms with Crippen molar-refractivity contribution in [1.82, 2.24) is 0 Å². The molecule has 0 radical (unpaired) electrons. The van der Waals surface area contributed by atoms with Crippen molar-refractivity contribution in [1.29, 1.82) is 0 Å². The molecule has 1 rings (SSSR count). The summed E-state index contributed by atoms with van der Waals surface area (Å²) in [6.45, 7) is 3.41. The molecule has 7 heteroatoms. The minimum Gasteiger partial charge on any atom is -0.367 e. The molecule has 0 aliphatic heterocycles. The minimum absolute atomic E-state index is 0. The highest BCUT2D eigenvalue weighted by atomic mass is 27.0.